The molecule has 0 heterocycles. The molecule has 0 aliphatic heterocycles. The van der Waals surface area contributed by atoms with Gasteiger partial charge in [-0.05, 0) is 64.9 Å². The molecule has 3 unspecified atom stereocenters. The second-order valence-electron chi connectivity index (χ2n) is 11.9. The topological polar surface area (TPSA) is 108 Å². The number of phenols is 1. The van der Waals surface area contributed by atoms with E-state index >= 15 is 0 Å². The molecule has 0 aromatic heterocycles. The van der Waals surface area contributed by atoms with Crippen LogP contribution in [0.1, 0.15) is 106 Å². The molecule has 0 saturated carbocycles. The Hall–Kier alpha value is -2.77. The lowest BCUT2D eigenvalue weighted by molar-refractivity contribution is -0.146. The van der Waals surface area contributed by atoms with E-state index in [4.69, 9.17) is 4.74 Å². The number of phenolic OH excluding ortho intramolecular Hbond substituents is 1. The minimum atomic E-state index is -1.06. The van der Waals surface area contributed by atoms with Crippen LogP contribution < -0.4 is 10.6 Å². The van der Waals surface area contributed by atoms with Crippen LogP contribution in [0.15, 0.2) is 24.3 Å². The molecule has 0 aliphatic rings. The van der Waals surface area contributed by atoms with Crippen LogP contribution in [-0.4, -0.2) is 52.1 Å². The minimum absolute atomic E-state index is 0.0590. The Morgan fingerprint density at radius 1 is 1.00 bits per heavy atom. The van der Waals surface area contributed by atoms with Crippen LogP contribution in [0.5, 0.6) is 5.75 Å². The van der Waals surface area contributed by atoms with Gasteiger partial charge in [0, 0.05) is 18.2 Å². The first-order chi connectivity index (χ1) is 17.7. The SMILES string of the molecule is CCCCCNC(=O)C(c1ccccc1O)N(C(=O)C(NC(=O)OC(C)(C)C)C(C)C)C(C)CCC(C)C. The van der Waals surface area contributed by atoms with Gasteiger partial charge in [0.15, 0.2) is 0 Å². The van der Waals surface area contributed by atoms with Gasteiger partial charge in [-0.3, -0.25) is 9.59 Å². The molecule has 0 fully saturated rings. The molecule has 8 heteroatoms. The van der Waals surface area contributed by atoms with Crippen LogP contribution >= 0.6 is 0 Å². The number of para-hydroxylation sites is 1. The van der Waals surface area contributed by atoms with Crippen molar-refractivity contribution in [3.63, 3.8) is 0 Å². The zero-order chi connectivity index (χ0) is 29.0. The highest BCUT2D eigenvalue weighted by Crippen LogP contribution is 2.33. The van der Waals surface area contributed by atoms with Gasteiger partial charge in [-0.1, -0.05) is 65.7 Å². The van der Waals surface area contributed by atoms with Crippen molar-refractivity contribution in [2.75, 3.05) is 6.54 Å². The molecule has 216 valence electrons. The predicted octanol–water partition coefficient (Wildman–Crippen LogP) is 5.94. The first-order valence-electron chi connectivity index (χ1n) is 14.1. The second kappa shape index (κ2) is 15.6. The van der Waals surface area contributed by atoms with Gasteiger partial charge in [0.05, 0.1) is 0 Å². The number of alkyl carbamates (subject to hydrolysis) is 1. The summed E-state index contributed by atoms with van der Waals surface area (Å²) in [6, 6.07) is 4.30. The van der Waals surface area contributed by atoms with Crippen molar-refractivity contribution in [3.8, 4) is 5.75 Å². The fourth-order valence-corrected chi connectivity index (χ4v) is 4.24. The van der Waals surface area contributed by atoms with Gasteiger partial charge in [-0.2, -0.15) is 0 Å². The fourth-order valence-electron chi connectivity index (χ4n) is 4.24. The summed E-state index contributed by atoms with van der Waals surface area (Å²) in [6.45, 7) is 17.7. The molecule has 0 radical (unpaired) electrons. The van der Waals surface area contributed by atoms with Crippen molar-refractivity contribution in [1.29, 1.82) is 0 Å². The number of amides is 3. The van der Waals surface area contributed by atoms with Gasteiger partial charge >= 0.3 is 6.09 Å². The number of nitrogens with one attached hydrogen (secondary N) is 2. The third-order valence-electron chi connectivity index (χ3n) is 6.33. The van der Waals surface area contributed by atoms with Crippen LogP contribution in [-0.2, 0) is 14.3 Å². The number of carbonyl (C=O) groups excluding carboxylic acids is 3. The standard InChI is InChI=1S/C30H51N3O5/c1-10-11-14-19-31-27(35)26(23-15-12-13-16-24(23)34)33(22(6)18-17-20(2)3)28(36)25(21(4)5)32-29(37)38-30(7,8)9/h12-13,15-16,20-22,25-26,34H,10-11,14,17-19H2,1-9H3,(H,31,35)(H,32,37). The number of unbranched alkanes of at least 4 members (excludes halogenated alkanes) is 2. The smallest absolute Gasteiger partial charge is 0.408 e. The average Bonchev–Trinajstić information content (AvgIpc) is 2.81. The van der Waals surface area contributed by atoms with Crippen LogP contribution in [0.3, 0.4) is 0 Å². The first kappa shape index (κ1) is 33.3. The minimum Gasteiger partial charge on any atom is -0.508 e. The van der Waals surface area contributed by atoms with Crippen LogP contribution in [0.4, 0.5) is 4.79 Å². The normalized spacial score (nSPS) is 14.1. The van der Waals surface area contributed by atoms with Crippen molar-refractivity contribution in [2.45, 2.75) is 118 Å². The van der Waals surface area contributed by atoms with E-state index in [1.54, 1.807) is 43.9 Å². The molecule has 0 spiro atoms. The average molecular weight is 534 g/mol. The lowest BCUT2D eigenvalue weighted by atomic mass is 9.94. The van der Waals surface area contributed by atoms with Gasteiger partial charge in [-0.15, -0.1) is 0 Å². The van der Waals surface area contributed by atoms with E-state index in [0.717, 1.165) is 25.7 Å². The summed E-state index contributed by atoms with van der Waals surface area (Å²) < 4.78 is 5.44. The third-order valence-corrected chi connectivity index (χ3v) is 6.33. The van der Waals surface area contributed by atoms with Crippen LogP contribution in [0.2, 0.25) is 0 Å². The van der Waals surface area contributed by atoms with Crippen molar-refractivity contribution in [3.05, 3.63) is 29.8 Å². The number of hydrogen-bond acceptors (Lipinski definition) is 5. The summed E-state index contributed by atoms with van der Waals surface area (Å²) in [5.74, 6) is -0.670. The number of carbonyl (C=O) groups is 3. The van der Waals surface area contributed by atoms with Gasteiger partial charge in [0.1, 0.15) is 23.4 Å². The lowest BCUT2D eigenvalue weighted by Crippen LogP contribution is -2.57. The van der Waals surface area contributed by atoms with Gasteiger partial charge in [-0.25, -0.2) is 4.79 Å². The van der Waals surface area contributed by atoms with E-state index in [-0.39, 0.29) is 29.5 Å². The van der Waals surface area contributed by atoms with Crippen molar-refractivity contribution < 1.29 is 24.2 Å². The van der Waals surface area contributed by atoms with Gasteiger partial charge in [0.2, 0.25) is 11.8 Å². The monoisotopic (exact) mass is 533 g/mol. The van der Waals surface area contributed by atoms with Crippen molar-refractivity contribution in [1.82, 2.24) is 15.5 Å². The van der Waals surface area contributed by atoms with Crippen molar-refractivity contribution >= 4 is 17.9 Å². The molecule has 3 amide bonds. The van der Waals surface area contributed by atoms with E-state index in [9.17, 15) is 19.5 Å². The Morgan fingerprint density at radius 3 is 2.16 bits per heavy atom. The highest BCUT2D eigenvalue weighted by Gasteiger charge is 2.40. The number of hydrogen-bond donors (Lipinski definition) is 3. The van der Waals surface area contributed by atoms with E-state index < -0.39 is 23.8 Å². The summed E-state index contributed by atoms with van der Waals surface area (Å²) in [5.41, 5.74) is -0.375. The highest BCUT2D eigenvalue weighted by molar-refractivity contribution is 5.92. The summed E-state index contributed by atoms with van der Waals surface area (Å²) in [4.78, 5) is 42.2. The number of benzene rings is 1. The zero-order valence-corrected chi connectivity index (χ0v) is 25.0. The molecule has 1 aromatic rings. The second-order valence-corrected chi connectivity index (χ2v) is 11.9. The molecule has 1 rings (SSSR count). The predicted molar refractivity (Wildman–Crippen MR) is 152 cm³/mol. The molecule has 8 nitrogen and oxygen atoms in total. The number of nitrogens with zero attached hydrogens (tertiary/aromatic N) is 1. The maximum Gasteiger partial charge on any atom is 0.408 e. The molecule has 3 N–H and O–H groups in total. The molecule has 1 aromatic carbocycles. The van der Waals surface area contributed by atoms with Gasteiger partial charge < -0.3 is 25.4 Å². The van der Waals surface area contributed by atoms with Crippen molar-refractivity contribution in [2.24, 2.45) is 11.8 Å². The summed E-state index contributed by atoms with van der Waals surface area (Å²) in [5, 5.41) is 16.5. The Bertz CT molecular complexity index is 894. The number of aromatic hydroxyl groups is 1. The Kier molecular flexibility index (Phi) is 13.6. The zero-order valence-electron chi connectivity index (χ0n) is 25.0. The van der Waals surface area contributed by atoms with Crippen LogP contribution in [0, 0.1) is 11.8 Å². The number of rotatable bonds is 14. The third kappa shape index (κ3) is 10.9. The quantitative estimate of drug-likeness (QED) is 0.256. The van der Waals surface area contributed by atoms with E-state index in [0.29, 0.717) is 24.4 Å². The molecular formula is C30H51N3O5. The summed E-state index contributed by atoms with van der Waals surface area (Å²) in [7, 11) is 0. The lowest BCUT2D eigenvalue weighted by Gasteiger charge is -2.39. The maximum absolute atomic E-state index is 14.3. The Balaban J connectivity index is 3.55. The summed E-state index contributed by atoms with van der Waals surface area (Å²) >= 11 is 0. The number of ether oxygens (including phenoxy) is 1. The maximum atomic E-state index is 14.3. The first-order valence-corrected chi connectivity index (χ1v) is 14.1. The molecule has 3 atom stereocenters. The molecule has 0 saturated heterocycles. The summed E-state index contributed by atoms with van der Waals surface area (Å²) in [6.07, 6.45) is 3.63. The van der Waals surface area contributed by atoms with Crippen LogP contribution in [0.25, 0.3) is 0 Å². The molecular weight excluding hydrogens is 482 g/mol. The fraction of sp³-hybridized carbons (Fsp3) is 0.700. The molecule has 0 bridgehead atoms. The Labute approximate surface area is 229 Å². The van der Waals surface area contributed by atoms with Gasteiger partial charge in [0.25, 0.3) is 0 Å². The Morgan fingerprint density at radius 2 is 1.63 bits per heavy atom. The molecule has 0 aliphatic carbocycles. The molecule has 38 heavy (non-hydrogen) atoms. The van der Waals surface area contributed by atoms with E-state index in [2.05, 4.69) is 31.4 Å². The highest BCUT2D eigenvalue weighted by atomic mass is 16.6. The van der Waals surface area contributed by atoms with E-state index in [1.807, 2.05) is 20.8 Å². The largest absolute Gasteiger partial charge is 0.508 e. The van der Waals surface area contributed by atoms with E-state index in [1.165, 1.54) is 6.07 Å².